The van der Waals surface area contributed by atoms with E-state index in [-0.39, 0.29) is 22.8 Å². The summed E-state index contributed by atoms with van der Waals surface area (Å²) in [5.74, 6) is 0.00931. The standard InChI is InChI=1S/C25H25Cl2NOS/c1-24(2)10-15-11-25(3,13-24)14-28(15)23(29)18-9-20(26)17(8-21(18)27)19-12-30-22-7-5-4-6-16(19)22/h4-9,12,15H,10-11,13-14H2,1-3H3/t15-,25-/m1/s1. The van der Waals surface area contributed by atoms with Gasteiger partial charge in [0.2, 0.25) is 0 Å². The van der Waals surface area contributed by atoms with Gasteiger partial charge in [-0.2, -0.15) is 0 Å². The molecule has 1 amide bonds. The lowest BCUT2D eigenvalue weighted by Crippen LogP contribution is -2.37. The number of likely N-dealkylation sites (tertiary alicyclic amines) is 1. The van der Waals surface area contributed by atoms with Crippen molar-refractivity contribution in [1.82, 2.24) is 4.90 Å². The number of fused-ring (bicyclic) bond motifs is 3. The Morgan fingerprint density at radius 3 is 2.63 bits per heavy atom. The summed E-state index contributed by atoms with van der Waals surface area (Å²) >= 11 is 15.1. The SMILES string of the molecule is CC1(C)C[C@@H]2C[C@@](C)(CN2C(=O)c2cc(Cl)c(-c3csc4ccccc34)cc2Cl)C1. The molecule has 5 rings (SSSR count). The van der Waals surface area contributed by atoms with E-state index in [0.29, 0.717) is 15.6 Å². The quantitative estimate of drug-likeness (QED) is 0.382. The highest BCUT2D eigenvalue weighted by Gasteiger charge is 2.51. The predicted molar refractivity (Wildman–Crippen MR) is 128 cm³/mol. The van der Waals surface area contributed by atoms with Crippen LogP contribution in [0.4, 0.5) is 0 Å². The van der Waals surface area contributed by atoms with Crippen LogP contribution < -0.4 is 0 Å². The summed E-state index contributed by atoms with van der Waals surface area (Å²) in [6.07, 6.45) is 3.27. The van der Waals surface area contributed by atoms with Crippen LogP contribution in [0, 0.1) is 10.8 Å². The smallest absolute Gasteiger partial charge is 0.255 e. The fraction of sp³-hybridized carbons (Fsp3) is 0.400. The minimum absolute atomic E-state index is 0.00931. The van der Waals surface area contributed by atoms with Gasteiger partial charge in [0.05, 0.1) is 10.6 Å². The largest absolute Gasteiger partial charge is 0.335 e. The van der Waals surface area contributed by atoms with Gasteiger partial charge in [0.1, 0.15) is 0 Å². The Balaban J connectivity index is 1.51. The van der Waals surface area contributed by atoms with E-state index in [4.69, 9.17) is 23.2 Å². The monoisotopic (exact) mass is 457 g/mol. The predicted octanol–water partition coefficient (Wildman–Crippen LogP) is 7.92. The third-order valence-electron chi connectivity index (χ3n) is 6.73. The molecule has 0 spiro atoms. The maximum atomic E-state index is 13.5. The van der Waals surface area contributed by atoms with Crippen LogP contribution in [-0.4, -0.2) is 23.4 Å². The summed E-state index contributed by atoms with van der Waals surface area (Å²) in [6.45, 7) is 7.74. The molecule has 156 valence electrons. The molecule has 1 saturated carbocycles. The van der Waals surface area contributed by atoms with E-state index in [0.717, 1.165) is 42.3 Å². The molecule has 0 N–H and O–H groups in total. The molecule has 2 aliphatic rings. The molecule has 1 saturated heterocycles. The van der Waals surface area contributed by atoms with Crippen molar-refractivity contribution in [2.24, 2.45) is 10.8 Å². The first-order chi connectivity index (χ1) is 14.2. The Morgan fingerprint density at radius 1 is 1.07 bits per heavy atom. The van der Waals surface area contributed by atoms with Crippen molar-refractivity contribution in [1.29, 1.82) is 0 Å². The molecule has 2 bridgehead atoms. The third kappa shape index (κ3) is 3.36. The topological polar surface area (TPSA) is 20.3 Å². The summed E-state index contributed by atoms with van der Waals surface area (Å²) in [5, 5.41) is 4.31. The molecule has 30 heavy (non-hydrogen) atoms. The van der Waals surface area contributed by atoms with Crippen LogP contribution >= 0.6 is 34.5 Å². The van der Waals surface area contributed by atoms with Crippen molar-refractivity contribution in [2.45, 2.75) is 46.1 Å². The Morgan fingerprint density at radius 2 is 1.83 bits per heavy atom. The van der Waals surface area contributed by atoms with E-state index in [1.165, 1.54) is 4.70 Å². The van der Waals surface area contributed by atoms with E-state index in [9.17, 15) is 4.79 Å². The summed E-state index contributed by atoms with van der Waals surface area (Å²) in [5.41, 5.74) is 2.90. The molecule has 2 heterocycles. The van der Waals surface area contributed by atoms with Crippen LogP contribution in [0.2, 0.25) is 10.0 Å². The molecule has 0 radical (unpaired) electrons. The van der Waals surface area contributed by atoms with Gasteiger partial charge in [-0.05, 0) is 53.7 Å². The Hall–Kier alpha value is -1.55. The first-order valence-corrected chi connectivity index (χ1v) is 12.1. The number of hydrogen-bond donors (Lipinski definition) is 0. The number of benzene rings is 2. The lowest BCUT2D eigenvalue weighted by Gasteiger charge is -2.39. The van der Waals surface area contributed by atoms with Crippen molar-refractivity contribution in [2.75, 3.05) is 6.54 Å². The van der Waals surface area contributed by atoms with Gasteiger partial charge in [-0.25, -0.2) is 0 Å². The lowest BCUT2D eigenvalue weighted by atomic mass is 9.65. The van der Waals surface area contributed by atoms with Crippen molar-refractivity contribution in [3.8, 4) is 11.1 Å². The molecule has 3 aromatic rings. The molecule has 2 atom stereocenters. The van der Waals surface area contributed by atoms with Gasteiger partial charge in [-0.15, -0.1) is 11.3 Å². The molecule has 2 fully saturated rings. The molecule has 1 aliphatic carbocycles. The number of thiophene rings is 1. The maximum absolute atomic E-state index is 13.5. The molecular formula is C25H25Cl2NOS. The summed E-state index contributed by atoms with van der Waals surface area (Å²) < 4.78 is 1.21. The highest BCUT2D eigenvalue weighted by atomic mass is 35.5. The Kier molecular flexibility index (Phi) is 4.74. The average molecular weight is 458 g/mol. The van der Waals surface area contributed by atoms with Gasteiger partial charge in [-0.1, -0.05) is 62.2 Å². The summed E-state index contributed by atoms with van der Waals surface area (Å²) in [4.78, 5) is 15.6. The molecule has 1 aromatic heterocycles. The normalized spacial score (nSPS) is 25.1. The Bertz CT molecular complexity index is 1170. The van der Waals surface area contributed by atoms with Gasteiger partial charge in [0.25, 0.3) is 5.91 Å². The zero-order valence-corrected chi connectivity index (χ0v) is 19.8. The first-order valence-electron chi connectivity index (χ1n) is 10.4. The second kappa shape index (κ2) is 6.98. The van der Waals surface area contributed by atoms with Crippen molar-refractivity contribution in [3.63, 3.8) is 0 Å². The van der Waals surface area contributed by atoms with Crippen LogP contribution in [0.1, 0.15) is 50.4 Å². The fourth-order valence-electron chi connectivity index (χ4n) is 5.96. The number of hydrogen-bond acceptors (Lipinski definition) is 2. The number of carbonyl (C=O) groups is 1. The Labute approximate surface area is 191 Å². The number of rotatable bonds is 2. The van der Waals surface area contributed by atoms with E-state index in [1.807, 2.05) is 23.1 Å². The van der Waals surface area contributed by atoms with E-state index in [1.54, 1.807) is 17.4 Å². The van der Waals surface area contributed by atoms with Gasteiger partial charge in [0.15, 0.2) is 0 Å². The average Bonchev–Trinajstić information content (AvgIpc) is 3.20. The zero-order valence-electron chi connectivity index (χ0n) is 17.5. The number of halogens is 2. The van der Waals surface area contributed by atoms with Crippen molar-refractivity contribution >= 4 is 50.5 Å². The fourth-order valence-corrected chi connectivity index (χ4v) is 7.43. The highest BCUT2D eigenvalue weighted by Crippen LogP contribution is 2.53. The van der Waals surface area contributed by atoms with Crippen molar-refractivity contribution < 1.29 is 4.79 Å². The molecule has 2 nitrogen and oxygen atoms in total. The van der Waals surface area contributed by atoms with E-state index >= 15 is 0 Å². The molecule has 5 heteroatoms. The third-order valence-corrected chi connectivity index (χ3v) is 8.32. The minimum atomic E-state index is 0.00931. The van der Waals surface area contributed by atoms with E-state index < -0.39 is 0 Å². The zero-order chi connectivity index (χ0) is 21.3. The second-order valence-corrected chi connectivity index (χ2v) is 11.8. The molecule has 0 unspecified atom stereocenters. The van der Waals surface area contributed by atoms with Gasteiger partial charge < -0.3 is 4.90 Å². The van der Waals surface area contributed by atoms with Crippen LogP contribution in [0.15, 0.2) is 41.8 Å². The van der Waals surface area contributed by atoms with Crippen LogP contribution in [0.5, 0.6) is 0 Å². The minimum Gasteiger partial charge on any atom is -0.335 e. The van der Waals surface area contributed by atoms with Crippen LogP contribution in [0.3, 0.4) is 0 Å². The number of nitrogens with zero attached hydrogens (tertiary/aromatic N) is 1. The van der Waals surface area contributed by atoms with Gasteiger partial charge in [0, 0.05) is 38.8 Å². The van der Waals surface area contributed by atoms with Gasteiger partial charge >= 0.3 is 0 Å². The van der Waals surface area contributed by atoms with Gasteiger partial charge in [-0.3, -0.25) is 4.79 Å². The van der Waals surface area contributed by atoms with Crippen LogP contribution in [-0.2, 0) is 0 Å². The summed E-state index contributed by atoms with van der Waals surface area (Å²) in [7, 11) is 0. The first kappa shape index (κ1) is 20.4. The number of amides is 1. The number of carbonyl (C=O) groups excluding carboxylic acids is 1. The molecule has 1 aliphatic heterocycles. The second-order valence-electron chi connectivity index (χ2n) is 10.1. The van der Waals surface area contributed by atoms with E-state index in [2.05, 4.69) is 38.3 Å². The molecule has 2 aromatic carbocycles. The maximum Gasteiger partial charge on any atom is 0.255 e. The van der Waals surface area contributed by atoms with Crippen LogP contribution in [0.25, 0.3) is 21.2 Å². The highest BCUT2D eigenvalue weighted by molar-refractivity contribution is 7.17. The lowest BCUT2D eigenvalue weighted by molar-refractivity contribution is 0.0708. The summed E-state index contributed by atoms with van der Waals surface area (Å²) in [6, 6.07) is 12.2. The molecular weight excluding hydrogens is 433 g/mol. The van der Waals surface area contributed by atoms with Crippen molar-refractivity contribution in [3.05, 3.63) is 57.4 Å².